The smallest absolute Gasteiger partial charge is 0.323 e. The molecule has 0 fully saturated rings. The predicted octanol–water partition coefficient (Wildman–Crippen LogP) is 2.40. The number of nitrogens with one attached hydrogen (secondary N) is 1. The minimum atomic E-state index is -0.245. The molecule has 1 aromatic rings. The lowest BCUT2D eigenvalue weighted by molar-refractivity contribution is -0.144. The second-order valence-corrected chi connectivity index (χ2v) is 4.11. The first-order chi connectivity index (χ1) is 7.65. The summed E-state index contributed by atoms with van der Waals surface area (Å²) in [5.41, 5.74) is 1.16. The van der Waals surface area contributed by atoms with Crippen LogP contribution in [0.25, 0.3) is 0 Å². The minimum Gasteiger partial charge on any atom is -0.468 e. The first-order valence-electron chi connectivity index (χ1n) is 5.50. The third kappa shape index (κ3) is 5.20. The minimum absolute atomic E-state index is 0. The zero-order chi connectivity index (χ0) is 12.0. The van der Waals surface area contributed by atoms with Gasteiger partial charge in [0.2, 0.25) is 0 Å². The van der Waals surface area contributed by atoms with Gasteiger partial charge in [0.1, 0.15) is 6.04 Å². The van der Waals surface area contributed by atoms with Gasteiger partial charge in [-0.25, -0.2) is 0 Å². The Kier molecular flexibility index (Phi) is 7.59. The van der Waals surface area contributed by atoms with Crippen molar-refractivity contribution in [2.75, 3.05) is 7.11 Å². The number of hydrogen-bond acceptors (Lipinski definition) is 3. The quantitative estimate of drug-likeness (QED) is 0.824. The van der Waals surface area contributed by atoms with Crippen LogP contribution in [0, 0.1) is 5.92 Å². The van der Waals surface area contributed by atoms with Gasteiger partial charge >= 0.3 is 5.97 Å². The highest BCUT2D eigenvalue weighted by molar-refractivity contribution is 5.85. The molecule has 1 rings (SSSR count). The van der Waals surface area contributed by atoms with Crippen LogP contribution in [0.2, 0.25) is 0 Å². The van der Waals surface area contributed by atoms with E-state index in [1.54, 1.807) is 0 Å². The van der Waals surface area contributed by atoms with Crippen LogP contribution in [0.15, 0.2) is 30.3 Å². The fraction of sp³-hybridized carbons (Fsp3) is 0.462. The van der Waals surface area contributed by atoms with Gasteiger partial charge in [-0.15, -0.1) is 12.4 Å². The van der Waals surface area contributed by atoms with Crippen LogP contribution < -0.4 is 5.32 Å². The highest BCUT2D eigenvalue weighted by Gasteiger charge is 2.21. The van der Waals surface area contributed by atoms with Gasteiger partial charge in [0.15, 0.2) is 0 Å². The molecule has 0 radical (unpaired) electrons. The third-order valence-corrected chi connectivity index (χ3v) is 2.49. The van der Waals surface area contributed by atoms with Gasteiger partial charge in [-0.2, -0.15) is 0 Å². The molecule has 1 N–H and O–H groups in total. The van der Waals surface area contributed by atoms with Gasteiger partial charge in [0.05, 0.1) is 7.11 Å². The van der Waals surface area contributed by atoms with Gasteiger partial charge in [0.25, 0.3) is 0 Å². The number of rotatable bonds is 5. The summed E-state index contributed by atoms with van der Waals surface area (Å²) in [5.74, 6) is 0.0158. The topological polar surface area (TPSA) is 38.3 Å². The summed E-state index contributed by atoms with van der Waals surface area (Å²) in [7, 11) is 1.42. The lowest BCUT2D eigenvalue weighted by Crippen LogP contribution is -2.41. The Morgan fingerprint density at radius 2 is 1.88 bits per heavy atom. The Bertz CT molecular complexity index is 327. The van der Waals surface area contributed by atoms with Crippen molar-refractivity contribution in [3.05, 3.63) is 35.9 Å². The van der Waals surface area contributed by atoms with Crippen LogP contribution in [-0.2, 0) is 16.1 Å². The van der Waals surface area contributed by atoms with Crippen molar-refractivity contribution in [3.63, 3.8) is 0 Å². The zero-order valence-corrected chi connectivity index (χ0v) is 11.3. The summed E-state index contributed by atoms with van der Waals surface area (Å²) < 4.78 is 4.76. The number of hydrogen-bond donors (Lipinski definition) is 1. The number of benzene rings is 1. The van der Waals surface area contributed by atoms with Crippen LogP contribution in [0.1, 0.15) is 19.4 Å². The van der Waals surface area contributed by atoms with Crippen molar-refractivity contribution < 1.29 is 9.53 Å². The molecule has 0 heterocycles. The Morgan fingerprint density at radius 3 is 2.35 bits per heavy atom. The van der Waals surface area contributed by atoms with Gasteiger partial charge in [-0.05, 0) is 11.5 Å². The average molecular weight is 258 g/mol. The Hall–Kier alpha value is -1.06. The van der Waals surface area contributed by atoms with Crippen molar-refractivity contribution in [1.82, 2.24) is 5.32 Å². The average Bonchev–Trinajstić information content (AvgIpc) is 2.30. The molecule has 0 amide bonds. The monoisotopic (exact) mass is 257 g/mol. The summed E-state index contributed by atoms with van der Waals surface area (Å²) in [6.07, 6.45) is 0. The lowest BCUT2D eigenvalue weighted by Gasteiger charge is -2.19. The summed E-state index contributed by atoms with van der Waals surface area (Å²) in [4.78, 5) is 11.5. The molecule has 0 aliphatic heterocycles. The number of halogens is 1. The highest BCUT2D eigenvalue weighted by atomic mass is 35.5. The summed E-state index contributed by atoms with van der Waals surface area (Å²) in [5, 5.41) is 3.21. The van der Waals surface area contributed by atoms with Crippen molar-refractivity contribution in [3.8, 4) is 0 Å². The van der Waals surface area contributed by atoms with Crippen molar-refractivity contribution >= 4 is 18.4 Å². The van der Waals surface area contributed by atoms with Gasteiger partial charge in [-0.3, -0.25) is 4.79 Å². The van der Waals surface area contributed by atoms with Crippen LogP contribution in [0.3, 0.4) is 0 Å². The Morgan fingerprint density at radius 1 is 1.29 bits per heavy atom. The predicted molar refractivity (Wildman–Crippen MR) is 71.2 cm³/mol. The molecular formula is C13H20ClNO2. The molecule has 0 saturated carbocycles. The summed E-state index contributed by atoms with van der Waals surface area (Å²) in [6, 6.07) is 9.76. The molecule has 0 saturated heterocycles. The van der Waals surface area contributed by atoms with Crippen molar-refractivity contribution in [2.45, 2.75) is 26.4 Å². The van der Waals surface area contributed by atoms with E-state index in [4.69, 9.17) is 4.74 Å². The highest BCUT2D eigenvalue weighted by Crippen LogP contribution is 2.05. The summed E-state index contributed by atoms with van der Waals surface area (Å²) >= 11 is 0. The van der Waals surface area contributed by atoms with E-state index < -0.39 is 0 Å². The molecule has 96 valence electrons. The van der Waals surface area contributed by atoms with Crippen molar-refractivity contribution in [1.29, 1.82) is 0 Å². The first-order valence-corrected chi connectivity index (χ1v) is 5.50. The molecule has 4 heteroatoms. The molecule has 0 bridgehead atoms. The van der Waals surface area contributed by atoms with Crippen molar-refractivity contribution in [2.24, 2.45) is 5.92 Å². The third-order valence-electron chi connectivity index (χ3n) is 2.49. The Balaban J connectivity index is 0.00000256. The first kappa shape index (κ1) is 15.9. The molecule has 0 aliphatic rings. The standard InChI is InChI=1S/C13H19NO2.ClH/c1-10(2)12(13(15)16-3)14-9-11-7-5-4-6-8-11;/h4-8,10,12,14H,9H2,1-3H3;1H. The number of esters is 1. The fourth-order valence-corrected chi connectivity index (χ4v) is 1.54. The van der Waals surface area contributed by atoms with Crippen LogP contribution in [0.4, 0.5) is 0 Å². The molecule has 0 aliphatic carbocycles. The van der Waals surface area contributed by atoms with Crippen LogP contribution >= 0.6 is 12.4 Å². The second kappa shape index (κ2) is 8.09. The summed E-state index contributed by atoms with van der Waals surface area (Å²) in [6.45, 7) is 4.68. The molecule has 1 atom stereocenters. The number of methoxy groups -OCH3 is 1. The van der Waals surface area contributed by atoms with E-state index in [9.17, 15) is 4.79 Å². The number of carbonyl (C=O) groups is 1. The maximum atomic E-state index is 11.5. The maximum Gasteiger partial charge on any atom is 0.323 e. The van der Waals surface area contributed by atoms with E-state index in [0.29, 0.717) is 6.54 Å². The van der Waals surface area contributed by atoms with E-state index in [1.807, 2.05) is 44.2 Å². The van der Waals surface area contributed by atoms with E-state index in [0.717, 1.165) is 5.56 Å². The van der Waals surface area contributed by atoms with Gasteiger partial charge in [-0.1, -0.05) is 44.2 Å². The molecule has 17 heavy (non-hydrogen) atoms. The van der Waals surface area contributed by atoms with Gasteiger partial charge < -0.3 is 10.1 Å². The number of carbonyl (C=O) groups excluding carboxylic acids is 1. The molecule has 1 aromatic carbocycles. The number of ether oxygens (including phenoxy) is 1. The van der Waals surface area contributed by atoms with E-state index in [1.165, 1.54) is 7.11 Å². The van der Waals surface area contributed by atoms with E-state index >= 15 is 0 Å². The SMILES string of the molecule is COC(=O)C(NCc1ccccc1)C(C)C.Cl. The Labute approximate surface area is 109 Å². The molecule has 1 unspecified atom stereocenters. The van der Waals surface area contributed by atoms with Crippen LogP contribution in [0.5, 0.6) is 0 Å². The largest absolute Gasteiger partial charge is 0.468 e. The molecular weight excluding hydrogens is 238 g/mol. The van der Waals surface area contributed by atoms with Gasteiger partial charge in [0, 0.05) is 6.54 Å². The van der Waals surface area contributed by atoms with Crippen LogP contribution in [-0.4, -0.2) is 19.1 Å². The molecule has 3 nitrogen and oxygen atoms in total. The molecule has 0 aromatic heterocycles. The fourth-order valence-electron chi connectivity index (χ4n) is 1.54. The lowest BCUT2D eigenvalue weighted by atomic mass is 10.0. The molecule has 0 spiro atoms. The maximum absolute atomic E-state index is 11.5. The zero-order valence-electron chi connectivity index (χ0n) is 10.5. The van der Waals surface area contributed by atoms with E-state index in [-0.39, 0.29) is 30.3 Å². The van der Waals surface area contributed by atoms with E-state index in [2.05, 4.69) is 5.32 Å². The second-order valence-electron chi connectivity index (χ2n) is 4.11. The normalized spacial score (nSPS) is 11.8.